The molecule has 0 aliphatic carbocycles. The Morgan fingerprint density at radius 2 is 1.93 bits per heavy atom. The van der Waals surface area contributed by atoms with E-state index in [1.54, 1.807) is 12.1 Å². The number of nitrogens with zero attached hydrogens (tertiary/aromatic N) is 2. The molecule has 1 fully saturated rings. The zero-order chi connectivity index (χ0) is 20.1. The molecule has 2 heterocycles. The first kappa shape index (κ1) is 19.7. The molecule has 2 aromatic rings. The SMILES string of the molecule is Cc1cc(C)cc(N(Cc2c(F)cccc2Cl)C2=N[C@H]3CS(=O)(=O)C[C@H]3S2)c1. The predicted octanol–water partition coefficient (Wildman–Crippen LogP) is 4.37. The molecule has 0 unspecified atom stereocenters. The lowest BCUT2D eigenvalue weighted by Crippen LogP contribution is -2.29. The molecule has 4 nitrogen and oxygen atoms in total. The molecule has 0 saturated carbocycles. The molecule has 0 amide bonds. The lowest BCUT2D eigenvalue weighted by Gasteiger charge is -2.26. The van der Waals surface area contributed by atoms with Crippen molar-refractivity contribution in [3.63, 3.8) is 0 Å². The van der Waals surface area contributed by atoms with Gasteiger partial charge in [-0.05, 0) is 49.2 Å². The highest BCUT2D eigenvalue weighted by Gasteiger charge is 2.44. The fourth-order valence-electron chi connectivity index (χ4n) is 3.69. The summed E-state index contributed by atoms with van der Waals surface area (Å²) in [7, 11) is -3.03. The summed E-state index contributed by atoms with van der Waals surface area (Å²) in [6.07, 6.45) is 0. The number of benzene rings is 2. The van der Waals surface area contributed by atoms with E-state index in [2.05, 4.69) is 6.07 Å². The van der Waals surface area contributed by atoms with E-state index in [1.807, 2.05) is 30.9 Å². The summed E-state index contributed by atoms with van der Waals surface area (Å²) >= 11 is 7.73. The van der Waals surface area contributed by atoms with Crippen molar-refractivity contribution in [2.75, 3.05) is 16.4 Å². The smallest absolute Gasteiger partial charge is 0.164 e. The van der Waals surface area contributed by atoms with E-state index in [0.717, 1.165) is 16.8 Å². The van der Waals surface area contributed by atoms with Gasteiger partial charge in [-0.2, -0.15) is 0 Å². The fourth-order valence-corrected chi connectivity index (χ4v) is 7.69. The molecular formula is C20H20ClFN2O2S2. The minimum Gasteiger partial charge on any atom is -0.317 e. The first-order chi connectivity index (χ1) is 13.2. The van der Waals surface area contributed by atoms with Crippen LogP contribution in [-0.2, 0) is 16.4 Å². The number of aliphatic imine (C=N–C) groups is 1. The third-order valence-corrected chi connectivity index (χ3v) is 8.53. The van der Waals surface area contributed by atoms with Crippen LogP contribution in [0.5, 0.6) is 0 Å². The highest BCUT2D eigenvalue weighted by molar-refractivity contribution is 8.15. The van der Waals surface area contributed by atoms with Crippen molar-refractivity contribution in [3.8, 4) is 0 Å². The van der Waals surface area contributed by atoms with Gasteiger partial charge in [-0.1, -0.05) is 35.5 Å². The van der Waals surface area contributed by atoms with Crippen LogP contribution in [0.15, 0.2) is 41.4 Å². The van der Waals surface area contributed by atoms with Crippen molar-refractivity contribution >= 4 is 44.1 Å². The Morgan fingerprint density at radius 3 is 2.57 bits per heavy atom. The van der Waals surface area contributed by atoms with E-state index in [9.17, 15) is 12.8 Å². The monoisotopic (exact) mass is 438 g/mol. The molecule has 2 aromatic carbocycles. The predicted molar refractivity (Wildman–Crippen MR) is 115 cm³/mol. The number of sulfone groups is 1. The topological polar surface area (TPSA) is 49.7 Å². The second-order valence-electron chi connectivity index (χ2n) is 7.34. The zero-order valence-corrected chi connectivity index (χ0v) is 17.9. The van der Waals surface area contributed by atoms with Gasteiger partial charge in [0, 0.05) is 21.5 Å². The summed E-state index contributed by atoms with van der Waals surface area (Å²) in [5.74, 6) is -0.153. The number of thioether (sulfide) groups is 1. The quantitative estimate of drug-likeness (QED) is 0.713. The highest BCUT2D eigenvalue weighted by Crippen LogP contribution is 2.38. The molecular weight excluding hydrogens is 419 g/mol. The van der Waals surface area contributed by atoms with Crippen LogP contribution < -0.4 is 4.90 Å². The second kappa shape index (κ2) is 7.35. The summed E-state index contributed by atoms with van der Waals surface area (Å²) < 4.78 is 38.3. The number of halogens is 2. The molecule has 0 spiro atoms. The van der Waals surface area contributed by atoms with Gasteiger partial charge in [-0.25, -0.2) is 12.8 Å². The molecule has 148 valence electrons. The summed E-state index contributed by atoms with van der Waals surface area (Å²) in [5, 5.41) is 1.000. The van der Waals surface area contributed by atoms with Crippen molar-refractivity contribution in [3.05, 3.63) is 63.9 Å². The Bertz CT molecular complexity index is 1030. The van der Waals surface area contributed by atoms with Crippen LogP contribution in [-0.4, -0.2) is 36.4 Å². The Morgan fingerprint density at radius 1 is 1.21 bits per heavy atom. The van der Waals surface area contributed by atoms with Crippen molar-refractivity contribution in [2.45, 2.75) is 31.7 Å². The van der Waals surface area contributed by atoms with Gasteiger partial charge in [0.15, 0.2) is 15.0 Å². The summed E-state index contributed by atoms with van der Waals surface area (Å²) in [6.45, 7) is 4.25. The average molecular weight is 439 g/mol. The molecule has 0 N–H and O–H groups in total. The van der Waals surface area contributed by atoms with Gasteiger partial charge < -0.3 is 4.90 Å². The molecule has 2 aliphatic rings. The maximum Gasteiger partial charge on any atom is 0.164 e. The Kier molecular flexibility index (Phi) is 5.18. The van der Waals surface area contributed by atoms with Crippen LogP contribution >= 0.6 is 23.4 Å². The lowest BCUT2D eigenvalue weighted by molar-refractivity contribution is 0.601. The number of amidine groups is 1. The first-order valence-corrected chi connectivity index (χ1v) is 12.0. The minimum atomic E-state index is -3.03. The zero-order valence-electron chi connectivity index (χ0n) is 15.5. The van der Waals surface area contributed by atoms with Gasteiger partial charge in [0.25, 0.3) is 0 Å². The largest absolute Gasteiger partial charge is 0.317 e. The Hall–Kier alpha value is -1.57. The maximum absolute atomic E-state index is 14.5. The number of rotatable bonds is 3. The standard InChI is InChI=1S/C20H20ClFN2O2S2/c1-12-6-13(2)8-14(7-12)24(9-15-16(21)4-3-5-17(15)22)20-23-18-10-28(25,26)11-19(18)27-20/h3-8,18-19H,9-11H2,1-2H3/t18-,19+/m0/s1. The fraction of sp³-hybridized carbons (Fsp3) is 0.350. The van der Waals surface area contributed by atoms with E-state index in [-0.39, 0.29) is 35.2 Å². The summed E-state index contributed by atoms with van der Waals surface area (Å²) in [6, 6.07) is 10.5. The van der Waals surface area contributed by atoms with Crippen LogP contribution in [0.3, 0.4) is 0 Å². The van der Waals surface area contributed by atoms with Gasteiger partial charge in [0.1, 0.15) is 5.82 Å². The number of hydrogen-bond acceptors (Lipinski definition) is 5. The second-order valence-corrected chi connectivity index (χ2v) is 11.1. The van der Waals surface area contributed by atoms with Crippen molar-refractivity contribution in [2.24, 2.45) is 4.99 Å². The third-order valence-electron chi connectivity index (χ3n) is 4.93. The number of aryl methyl sites for hydroxylation is 2. The average Bonchev–Trinajstić information content (AvgIpc) is 3.07. The van der Waals surface area contributed by atoms with E-state index < -0.39 is 9.84 Å². The summed E-state index contributed by atoms with van der Waals surface area (Å²) in [4.78, 5) is 6.64. The van der Waals surface area contributed by atoms with Gasteiger partial charge in [0.2, 0.25) is 0 Å². The van der Waals surface area contributed by atoms with Gasteiger partial charge >= 0.3 is 0 Å². The molecule has 0 aromatic heterocycles. The van der Waals surface area contributed by atoms with Gasteiger partial charge in [-0.3, -0.25) is 4.99 Å². The molecule has 0 bridgehead atoms. The van der Waals surface area contributed by atoms with E-state index in [0.29, 0.717) is 15.8 Å². The molecule has 0 radical (unpaired) electrons. The Labute approximate surface area is 173 Å². The third kappa shape index (κ3) is 3.93. The number of fused-ring (bicyclic) bond motifs is 1. The molecule has 28 heavy (non-hydrogen) atoms. The molecule has 4 rings (SSSR count). The first-order valence-electron chi connectivity index (χ1n) is 8.95. The van der Waals surface area contributed by atoms with Crippen LogP contribution in [0.4, 0.5) is 10.1 Å². The minimum absolute atomic E-state index is 0.0787. The van der Waals surface area contributed by atoms with Gasteiger partial charge in [0.05, 0.1) is 24.1 Å². The molecule has 1 saturated heterocycles. The van der Waals surface area contributed by atoms with Crippen molar-refractivity contribution < 1.29 is 12.8 Å². The van der Waals surface area contributed by atoms with Gasteiger partial charge in [-0.15, -0.1) is 0 Å². The number of anilines is 1. The molecule has 2 aliphatic heterocycles. The van der Waals surface area contributed by atoms with E-state index >= 15 is 0 Å². The van der Waals surface area contributed by atoms with E-state index in [4.69, 9.17) is 16.6 Å². The number of hydrogen-bond donors (Lipinski definition) is 0. The van der Waals surface area contributed by atoms with Crippen LogP contribution in [0, 0.1) is 19.7 Å². The van der Waals surface area contributed by atoms with Crippen LogP contribution in [0.1, 0.15) is 16.7 Å². The molecule has 2 atom stereocenters. The Balaban J connectivity index is 1.75. The molecule has 8 heteroatoms. The van der Waals surface area contributed by atoms with Crippen LogP contribution in [0.2, 0.25) is 5.02 Å². The lowest BCUT2D eigenvalue weighted by atomic mass is 10.1. The van der Waals surface area contributed by atoms with Crippen LogP contribution in [0.25, 0.3) is 0 Å². The normalized spacial score (nSPS) is 22.8. The highest BCUT2D eigenvalue weighted by atomic mass is 35.5. The van der Waals surface area contributed by atoms with Crippen molar-refractivity contribution in [1.29, 1.82) is 0 Å². The van der Waals surface area contributed by atoms with Crippen molar-refractivity contribution in [1.82, 2.24) is 0 Å². The summed E-state index contributed by atoms with van der Waals surface area (Å²) in [5.41, 5.74) is 3.47. The van der Waals surface area contributed by atoms with E-state index in [1.165, 1.54) is 17.8 Å². The maximum atomic E-state index is 14.5.